The predicted octanol–water partition coefficient (Wildman–Crippen LogP) is 3.82. The molecule has 0 aliphatic heterocycles. The summed E-state index contributed by atoms with van der Waals surface area (Å²) >= 11 is 0. The second-order valence-corrected chi connectivity index (χ2v) is 4.40. The molecule has 0 N–H and O–H groups in total. The van der Waals surface area contributed by atoms with E-state index in [-0.39, 0.29) is 5.56 Å². The van der Waals surface area contributed by atoms with Gasteiger partial charge in [-0.25, -0.2) is 13.6 Å². The number of carbonyl (C=O) groups is 1. The number of pyridine rings is 1. The van der Waals surface area contributed by atoms with Crippen LogP contribution in [-0.2, 0) is 4.74 Å². The van der Waals surface area contributed by atoms with Crippen LogP contribution in [-0.4, -0.2) is 17.5 Å². The zero-order valence-electron chi connectivity index (χ0n) is 10.6. The fourth-order valence-corrected chi connectivity index (χ4v) is 2.41. The normalized spacial score (nSPS) is 11.4. The van der Waals surface area contributed by atoms with Crippen LogP contribution in [0.1, 0.15) is 22.3 Å². The third kappa shape index (κ3) is 1.74. The summed E-state index contributed by atoms with van der Waals surface area (Å²) in [5.74, 6) is -0.478. The molecule has 0 aliphatic rings. The van der Waals surface area contributed by atoms with Crippen molar-refractivity contribution in [3.8, 4) is 0 Å². The van der Waals surface area contributed by atoms with Gasteiger partial charge >= 0.3 is 5.97 Å². The third-order valence-corrected chi connectivity index (χ3v) is 3.31. The van der Waals surface area contributed by atoms with Crippen LogP contribution in [0.3, 0.4) is 0 Å². The van der Waals surface area contributed by atoms with Crippen LogP contribution >= 0.6 is 0 Å². The molecule has 2 heterocycles. The molecule has 0 fully saturated rings. The number of esters is 1. The lowest BCUT2D eigenvalue weighted by atomic mass is 10.1. The van der Waals surface area contributed by atoms with Crippen LogP contribution in [0.4, 0.5) is 8.78 Å². The highest BCUT2D eigenvalue weighted by atomic mass is 19.3. The first kappa shape index (κ1) is 12.6. The summed E-state index contributed by atoms with van der Waals surface area (Å²) in [5, 5.41) is 0.604. The molecule has 3 nitrogen and oxygen atoms in total. The molecule has 0 radical (unpaired) electrons. The molecule has 0 saturated carbocycles. The first-order valence-corrected chi connectivity index (χ1v) is 6.02. The van der Waals surface area contributed by atoms with Crippen LogP contribution in [0.25, 0.3) is 16.4 Å². The molecule has 0 saturated heterocycles. The fourth-order valence-electron chi connectivity index (χ4n) is 2.41. The maximum Gasteiger partial charge on any atom is 0.340 e. The summed E-state index contributed by atoms with van der Waals surface area (Å²) in [5.41, 5.74) is 1.53. The largest absolute Gasteiger partial charge is 0.465 e. The van der Waals surface area contributed by atoms with Crippen LogP contribution in [0.15, 0.2) is 42.6 Å². The minimum absolute atomic E-state index is 0.0721. The number of halogens is 2. The monoisotopic (exact) mass is 275 g/mol. The number of benzene rings is 1. The van der Waals surface area contributed by atoms with Crippen LogP contribution in [0.5, 0.6) is 0 Å². The van der Waals surface area contributed by atoms with E-state index in [2.05, 4.69) is 0 Å². The highest BCUT2D eigenvalue weighted by Gasteiger charge is 2.19. The lowest BCUT2D eigenvalue weighted by Gasteiger charge is -2.01. The van der Waals surface area contributed by atoms with Gasteiger partial charge in [0.15, 0.2) is 0 Å². The summed E-state index contributed by atoms with van der Waals surface area (Å²) < 4.78 is 32.2. The molecular weight excluding hydrogens is 264 g/mol. The third-order valence-electron chi connectivity index (χ3n) is 3.31. The Balaban J connectivity index is 2.44. The number of nitrogens with zero attached hydrogens (tertiary/aromatic N) is 1. The topological polar surface area (TPSA) is 30.7 Å². The van der Waals surface area contributed by atoms with Gasteiger partial charge in [-0.1, -0.05) is 18.2 Å². The van der Waals surface area contributed by atoms with E-state index in [9.17, 15) is 13.6 Å². The van der Waals surface area contributed by atoms with E-state index in [1.54, 1.807) is 28.8 Å². The molecular formula is C15H11F2NO2. The first-order chi connectivity index (χ1) is 9.63. The molecule has 0 spiro atoms. The Morgan fingerprint density at radius 2 is 2.00 bits per heavy atom. The van der Waals surface area contributed by atoms with E-state index in [0.29, 0.717) is 22.0 Å². The highest BCUT2D eigenvalue weighted by Crippen LogP contribution is 2.30. The molecule has 0 unspecified atom stereocenters. The van der Waals surface area contributed by atoms with Gasteiger partial charge in [0.1, 0.15) is 0 Å². The quantitative estimate of drug-likeness (QED) is 0.666. The minimum Gasteiger partial charge on any atom is -0.465 e. The number of ether oxygens (including phenoxy) is 1. The van der Waals surface area contributed by atoms with Crippen molar-refractivity contribution in [3.63, 3.8) is 0 Å². The molecule has 0 amide bonds. The van der Waals surface area contributed by atoms with E-state index in [0.717, 1.165) is 0 Å². The second-order valence-electron chi connectivity index (χ2n) is 4.40. The van der Waals surface area contributed by atoms with Gasteiger partial charge in [-0.05, 0) is 18.2 Å². The molecule has 0 atom stereocenters. The van der Waals surface area contributed by atoms with Gasteiger partial charge in [0.2, 0.25) is 0 Å². The van der Waals surface area contributed by atoms with Gasteiger partial charge < -0.3 is 9.14 Å². The summed E-state index contributed by atoms with van der Waals surface area (Å²) in [4.78, 5) is 11.9. The Hall–Kier alpha value is -2.43. The Morgan fingerprint density at radius 1 is 1.20 bits per heavy atom. The minimum atomic E-state index is -2.55. The van der Waals surface area contributed by atoms with E-state index in [4.69, 9.17) is 4.74 Å². The van der Waals surface area contributed by atoms with Crippen LogP contribution in [0, 0.1) is 0 Å². The standard InChI is InChI=1S/C15H11F2NO2/c1-20-15(19)13-10-6-5-9(14(16)17)8-12(10)18-7-3-2-4-11(13)18/h2-8,14H,1H3. The van der Waals surface area contributed by atoms with Crippen molar-refractivity contribution < 1.29 is 18.3 Å². The van der Waals surface area contributed by atoms with Gasteiger partial charge in [-0.3, -0.25) is 0 Å². The van der Waals surface area contributed by atoms with Crippen molar-refractivity contribution in [2.45, 2.75) is 6.43 Å². The lowest BCUT2D eigenvalue weighted by Crippen LogP contribution is -2.00. The number of alkyl halides is 2. The Labute approximate surface area is 113 Å². The number of carbonyl (C=O) groups excluding carboxylic acids is 1. The number of rotatable bonds is 2. The van der Waals surface area contributed by atoms with Gasteiger partial charge in [-0.15, -0.1) is 0 Å². The maximum atomic E-state index is 12.8. The molecule has 1 aromatic carbocycles. The molecule has 3 rings (SSSR count). The van der Waals surface area contributed by atoms with Crippen molar-refractivity contribution in [2.75, 3.05) is 7.11 Å². The number of aromatic nitrogens is 1. The molecule has 5 heteroatoms. The Bertz CT molecular complexity index is 808. The van der Waals surface area contributed by atoms with Gasteiger partial charge in [0, 0.05) is 17.1 Å². The average molecular weight is 275 g/mol. The average Bonchev–Trinajstić information content (AvgIpc) is 2.80. The number of methoxy groups -OCH3 is 1. The second kappa shape index (κ2) is 4.59. The molecule has 0 bridgehead atoms. The van der Waals surface area contributed by atoms with Crippen molar-refractivity contribution in [2.24, 2.45) is 0 Å². The van der Waals surface area contributed by atoms with Crippen molar-refractivity contribution in [1.29, 1.82) is 0 Å². The summed E-state index contributed by atoms with van der Waals surface area (Å²) in [6.45, 7) is 0. The zero-order valence-corrected chi connectivity index (χ0v) is 10.6. The van der Waals surface area contributed by atoms with Crippen LogP contribution < -0.4 is 0 Å². The molecule has 3 aromatic rings. The highest BCUT2D eigenvalue weighted by molar-refractivity contribution is 6.11. The summed E-state index contributed by atoms with van der Waals surface area (Å²) in [7, 11) is 1.30. The van der Waals surface area contributed by atoms with Crippen LogP contribution in [0.2, 0.25) is 0 Å². The smallest absolute Gasteiger partial charge is 0.340 e. The SMILES string of the molecule is COC(=O)c1c2ccc(C(F)F)cc2n2ccccc12. The van der Waals surface area contributed by atoms with E-state index in [1.165, 1.54) is 25.3 Å². The summed E-state index contributed by atoms with van der Waals surface area (Å²) in [6.07, 6.45) is -0.811. The molecule has 2 aromatic heterocycles. The zero-order chi connectivity index (χ0) is 14.3. The van der Waals surface area contributed by atoms with Gasteiger partial charge in [0.25, 0.3) is 6.43 Å². The van der Waals surface area contributed by atoms with Gasteiger partial charge in [0.05, 0.1) is 23.7 Å². The number of hydrogen-bond donors (Lipinski definition) is 0. The Kier molecular flexibility index (Phi) is 2.89. The van der Waals surface area contributed by atoms with Crippen molar-refractivity contribution in [3.05, 3.63) is 53.7 Å². The van der Waals surface area contributed by atoms with E-state index in [1.807, 2.05) is 0 Å². The van der Waals surface area contributed by atoms with E-state index < -0.39 is 12.4 Å². The van der Waals surface area contributed by atoms with Gasteiger partial charge in [-0.2, -0.15) is 0 Å². The number of fused-ring (bicyclic) bond motifs is 3. The lowest BCUT2D eigenvalue weighted by molar-refractivity contribution is 0.0605. The van der Waals surface area contributed by atoms with E-state index >= 15 is 0 Å². The summed E-state index contributed by atoms with van der Waals surface area (Å²) in [6, 6.07) is 9.60. The fraction of sp³-hybridized carbons (Fsp3) is 0.133. The molecule has 102 valence electrons. The van der Waals surface area contributed by atoms with Crippen molar-refractivity contribution in [1.82, 2.24) is 4.40 Å². The predicted molar refractivity (Wildman–Crippen MR) is 71.2 cm³/mol. The first-order valence-electron chi connectivity index (χ1n) is 6.02. The number of hydrogen-bond acceptors (Lipinski definition) is 2. The maximum absolute atomic E-state index is 12.8. The molecule has 20 heavy (non-hydrogen) atoms. The Morgan fingerprint density at radius 3 is 2.70 bits per heavy atom. The molecule has 0 aliphatic carbocycles. The van der Waals surface area contributed by atoms with Crippen molar-refractivity contribution >= 4 is 22.4 Å².